The van der Waals surface area contributed by atoms with Crippen molar-refractivity contribution in [3.05, 3.63) is 0 Å². The summed E-state index contributed by atoms with van der Waals surface area (Å²) in [5.41, 5.74) is 0. The fourth-order valence-corrected chi connectivity index (χ4v) is 3.14. The molecule has 0 saturated carbocycles. The number of rotatable bonds is 20. The van der Waals surface area contributed by atoms with E-state index >= 15 is 0 Å². The van der Waals surface area contributed by atoms with Gasteiger partial charge in [0.25, 0.3) is 0 Å². The van der Waals surface area contributed by atoms with Crippen LogP contribution in [0.3, 0.4) is 0 Å². The molecule has 0 spiro atoms. The summed E-state index contributed by atoms with van der Waals surface area (Å²) in [6.07, 6.45) is 16.7. The molecular weight excluding hydrogens is 324 g/mol. The van der Waals surface area contributed by atoms with Crippen molar-refractivity contribution in [3.63, 3.8) is 0 Å². The van der Waals surface area contributed by atoms with Crippen molar-refractivity contribution >= 4 is 17.3 Å². The van der Waals surface area contributed by atoms with Gasteiger partial charge in [0.15, 0.2) is 0 Å². The van der Waals surface area contributed by atoms with Gasteiger partial charge in [-0.15, -0.1) is 0 Å². The van der Waals surface area contributed by atoms with Gasteiger partial charge >= 0.3 is 0 Å². The van der Waals surface area contributed by atoms with Gasteiger partial charge in [-0.05, 0) is 12.8 Å². The average Bonchev–Trinajstić information content (AvgIpc) is 2.64. The van der Waals surface area contributed by atoms with Crippen molar-refractivity contribution in [2.75, 3.05) is 0 Å². The lowest BCUT2D eigenvalue weighted by Crippen LogP contribution is -2.07. The minimum atomic E-state index is 0.0672. The summed E-state index contributed by atoms with van der Waals surface area (Å²) >= 11 is 0. The van der Waals surface area contributed by atoms with Crippen LogP contribution in [-0.2, 0) is 14.4 Å². The highest BCUT2D eigenvalue weighted by atomic mass is 16.1. The molecule has 0 aromatic heterocycles. The normalized spacial score (nSPS) is 10.8. The van der Waals surface area contributed by atoms with Gasteiger partial charge in [-0.3, -0.25) is 14.4 Å². The lowest BCUT2D eigenvalue weighted by molar-refractivity contribution is -0.126. The van der Waals surface area contributed by atoms with Crippen molar-refractivity contribution < 1.29 is 14.4 Å². The molecule has 0 radical (unpaired) electrons. The highest BCUT2D eigenvalue weighted by Gasteiger charge is 2.10. The quantitative estimate of drug-likeness (QED) is 0.224. The Bertz CT molecular complexity index is 340. The van der Waals surface area contributed by atoms with E-state index in [0.29, 0.717) is 38.5 Å². The summed E-state index contributed by atoms with van der Waals surface area (Å²) in [5, 5.41) is 0. The Hall–Kier alpha value is -0.990. The van der Waals surface area contributed by atoms with Crippen LogP contribution in [0.5, 0.6) is 0 Å². The fourth-order valence-electron chi connectivity index (χ4n) is 3.14. The molecule has 0 aromatic carbocycles. The van der Waals surface area contributed by atoms with E-state index in [-0.39, 0.29) is 17.3 Å². The van der Waals surface area contributed by atoms with Crippen LogP contribution in [0, 0.1) is 0 Å². The van der Waals surface area contributed by atoms with Crippen molar-refractivity contribution in [2.24, 2.45) is 0 Å². The van der Waals surface area contributed by atoms with Crippen molar-refractivity contribution in [1.29, 1.82) is 0 Å². The number of carbonyl (C=O) groups excluding carboxylic acids is 3. The summed E-state index contributed by atoms with van der Waals surface area (Å²) in [4.78, 5) is 35.5. The standard InChI is InChI=1S/C23H42O3/c1-3-5-7-9-11-13-15-21(24)17-19-23(26)20-18-22(25)16-14-12-10-8-6-4-2/h3-20H2,1-2H3. The van der Waals surface area contributed by atoms with E-state index in [2.05, 4.69) is 13.8 Å². The maximum absolute atomic E-state index is 11.8. The molecule has 0 unspecified atom stereocenters. The van der Waals surface area contributed by atoms with Gasteiger partial charge in [0.1, 0.15) is 17.3 Å². The molecule has 0 aliphatic carbocycles. The maximum atomic E-state index is 11.8. The van der Waals surface area contributed by atoms with Crippen LogP contribution in [0.25, 0.3) is 0 Å². The smallest absolute Gasteiger partial charge is 0.133 e. The molecule has 0 saturated heterocycles. The van der Waals surface area contributed by atoms with Crippen LogP contribution in [-0.4, -0.2) is 17.3 Å². The van der Waals surface area contributed by atoms with E-state index in [1.165, 1.54) is 51.4 Å². The first-order chi connectivity index (χ1) is 12.6. The molecule has 0 rings (SSSR count). The molecule has 26 heavy (non-hydrogen) atoms. The number of carbonyl (C=O) groups is 3. The third kappa shape index (κ3) is 17.8. The lowest BCUT2D eigenvalue weighted by Gasteiger charge is -2.03. The van der Waals surface area contributed by atoms with Crippen molar-refractivity contribution in [2.45, 2.75) is 129 Å². The Balaban J connectivity index is 3.51. The molecule has 3 nitrogen and oxygen atoms in total. The molecule has 0 aliphatic rings. The van der Waals surface area contributed by atoms with Gasteiger partial charge in [-0.1, -0.05) is 78.1 Å². The van der Waals surface area contributed by atoms with E-state index in [1.54, 1.807) is 0 Å². The van der Waals surface area contributed by atoms with E-state index in [4.69, 9.17) is 0 Å². The molecule has 0 fully saturated rings. The van der Waals surface area contributed by atoms with E-state index < -0.39 is 0 Å². The third-order valence-electron chi connectivity index (χ3n) is 4.98. The summed E-state index contributed by atoms with van der Waals surface area (Å²) in [7, 11) is 0. The molecule has 0 bridgehead atoms. The summed E-state index contributed by atoms with van der Waals surface area (Å²) in [6.45, 7) is 4.39. The first-order valence-electron chi connectivity index (χ1n) is 11.1. The molecule has 0 heterocycles. The number of Topliss-reactive ketones (excluding diaryl/α,β-unsaturated/α-hetero) is 3. The maximum Gasteiger partial charge on any atom is 0.133 e. The van der Waals surface area contributed by atoms with Crippen molar-refractivity contribution in [1.82, 2.24) is 0 Å². The summed E-state index contributed by atoms with van der Waals surface area (Å²) in [6, 6.07) is 0. The van der Waals surface area contributed by atoms with Crippen LogP contribution in [0.15, 0.2) is 0 Å². The van der Waals surface area contributed by atoms with E-state index in [0.717, 1.165) is 25.7 Å². The van der Waals surface area contributed by atoms with Crippen LogP contribution in [0.4, 0.5) is 0 Å². The van der Waals surface area contributed by atoms with Crippen LogP contribution < -0.4 is 0 Å². The lowest BCUT2D eigenvalue weighted by atomic mass is 10.0. The third-order valence-corrected chi connectivity index (χ3v) is 4.98. The number of unbranched alkanes of at least 4 members (excludes halogenated alkanes) is 10. The zero-order valence-corrected chi connectivity index (χ0v) is 17.5. The summed E-state index contributed by atoms with van der Waals surface area (Å²) in [5.74, 6) is 0.470. The number of hydrogen-bond donors (Lipinski definition) is 0. The predicted octanol–water partition coefficient (Wildman–Crippen LogP) is 6.76. The molecule has 0 amide bonds. The Morgan fingerprint density at radius 2 is 0.654 bits per heavy atom. The van der Waals surface area contributed by atoms with Gasteiger partial charge < -0.3 is 0 Å². The molecule has 152 valence electrons. The first kappa shape index (κ1) is 25.0. The van der Waals surface area contributed by atoms with E-state index in [1.807, 2.05) is 0 Å². The fraction of sp³-hybridized carbons (Fsp3) is 0.870. The Morgan fingerprint density at radius 3 is 1.00 bits per heavy atom. The second-order valence-electron chi connectivity index (χ2n) is 7.65. The second-order valence-corrected chi connectivity index (χ2v) is 7.65. The minimum Gasteiger partial charge on any atom is -0.300 e. The highest BCUT2D eigenvalue weighted by Crippen LogP contribution is 2.11. The topological polar surface area (TPSA) is 51.2 Å². The van der Waals surface area contributed by atoms with Gasteiger partial charge in [-0.25, -0.2) is 0 Å². The van der Waals surface area contributed by atoms with Crippen molar-refractivity contribution in [3.8, 4) is 0 Å². The van der Waals surface area contributed by atoms with Gasteiger partial charge in [0.2, 0.25) is 0 Å². The van der Waals surface area contributed by atoms with E-state index in [9.17, 15) is 14.4 Å². The number of ketones is 3. The average molecular weight is 367 g/mol. The zero-order chi connectivity index (χ0) is 19.5. The molecule has 3 heteroatoms. The first-order valence-corrected chi connectivity index (χ1v) is 11.1. The largest absolute Gasteiger partial charge is 0.300 e. The van der Waals surface area contributed by atoms with Crippen LogP contribution in [0.1, 0.15) is 129 Å². The molecule has 0 N–H and O–H groups in total. The molecule has 0 atom stereocenters. The van der Waals surface area contributed by atoms with Gasteiger partial charge in [0, 0.05) is 38.5 Å². The second kappa shape index (κ2) is 18.8. The zero-order valence-electron chi connectivity index (χ0n) is 17.5. The Morgan fingerprint density at radius 1 is 0.385 bits per heavy atom. The number of hydrogen-bond acceptors (Lipinski definition) is 3. The summed E-state index contributed by atoms with van der Waals surface area (Å²) < 4.78 is 0. The Labute approximate surface area is 161 Å². The molecule has 0 aliphatic heterocycles. The van der Waals surface area contributed by atoms with Crippen LogP contribution >= 0.6 is 0 Å². The van der Waals surface area contributed by atoms with Gasteiger partial charge in [-0.2, -0.15) is 0 Å². The minimum absolute atomic E-state index is 0.0672. The van der Waals surface area contributed by atoms with Gasteiger partial charge in [0.05, 0.1) is 0 Å². The molecular formula is C23H42O3. The van der Waals surface area contributed by atoms with Crippen LogP contribution in [0.2, 0.25) is 0 Å². The SMILES string of the molecule is CCCCCCCCC(=O)CCC(=O)CCC(=O)CCCCCCCC. The molecule has 0 aromatic rings. The predicted molar refractivity (Wildman–Crippen MR) is 109 cm³/mol. The monoisotopic (exact) mass is 366 g/mol. The Kier molecular flexibility index (Phi) is 18.1. The highest BCUT2D eigenvalue weighted by molar-refractivity contribution is 5.89.